The molecule has 0 radical (unpaired) electrons. The lowest BCUT2D eigenvalue weighted by Gasteiger charge is -2.05. The molecule has 1 N–H and O–H groups in total. The van der Waals surface area contributed by atoms with Crippen LogP contribution in [0, 0.1) is 6.92 Å². The SMILES string of the molecule is Cc1cc(Br)ccc1C1=NC(C)C(=O)N1. The van der Waals surface area contributed by atoms with Crippen LogP contribution in [0.2, 0.25) is 0 Å². The third-order valence-corrected chi connectivity index (χ3v) is 2.88. The molecule has 1 aliphatic heterocycles. The van der Waals surface area contributed by atoms with Crippen molar-refractivity contribution in [3.8, 4) is 0 Å². The zero-order valence-corrected chi connectivity index (χ0v) is 10.1. The van der Waals surface area contributed by atoms with Crippen LogP contribution in [-0.4, -0.2) is 17.8 Å². The average Bonchev–Trinajstić information content (AvgIpc) is 2.46. The Labute approximate surface area is 96.7 Å². The molecule has 3 nitrogen and oxygen atoms in total. The van der Waals surface area contributed by atoms with Crippen LogP contribution >= 0.6 is 15.9 Å². The molecule has 78 valence electrons. The first-order chi connectivity index (χ1) is 7.08. The van der Waals surface area contributed by atoms with Crippen LogP contribution in [-0.2, 0) is 4.79 Å². The largest absolute Gasteiger partial charge is 0.309 e. The maximum absolute atomic E-state index is 11.3. The van der Waals surface area contributed by atoms with Gasteiger partial charge in [0.15, 0.2) is 0 Å². The monoisotopic (exact) mass is 266 g/mol. The first-order valence-electron chi connectivity index (χ1n) is 4.73. The summed E-state index contributed by atoms with van der Waals surface area (Å²) >= 11 is 3.40. The van der Waals surface area contributed by atoms with Crippen molar-refractivity contribution in [2.75, 3.05) is 0 Å². The molecule has 0 saturated carbocycles. The highest BCUT2D eigenvalue weighted by Gasteiger charge is 2.23. The molecule has 0 spiro atoms. The third kappa shape index (κ3) is 1.95. The quantitative estimate of drug-likeness (QED) is 0.831. The van der Waals surface area contributed by atoms with Crippen LogP contribution in [0.25, 0.3) is 0 Å². The zero-order valence-electron chi connectivity index (χ0n) is 8.54. The van der Waals surface area contributed by atoms with Crippen molar-refractivity contribution in [2.24, 2.45) is 4.99 Å². The summed E-state index contributed by atoms with van der Waals surface area (Å²) < 4.78 is 1.03. The summed E-state index contributed by atoms with van der Waals surface area (Å²) in [4.78, 5) is 15.6. The molecule has 1 aliphatic rings. The van der Waals surface area contributed by atoms with Gasteiger partial charge in [-0.2, -0.15) is 0 Å². The summed E-state index contributed by atoms with van der Waals surface area (Å²) in [6.45, 7) is 3.79. The van der Waals surface area contributed by atoms with Crippen LogP contribution in [0.4, 0.5) is 0 Å². The number of nitrogens with one attached hydrogen (secondary N) is 1. The van der Waals surface area contributed by atoms with E-state index in [0.29, 0.717) is 5.84 Å². The summed E-state index contributed by atoms with van der Waals surface area (Å²) in [5, 5.41) is 2.78. The summed E-state index contributed by atoms with van der Waals surface area (Å²) in [5.41, 5.74) is 2.08. The fraction of sp³-hybridized carbons (Fsp3) is 0.273. The highest BCUT2D eigenvalue weighted by molar-refractivity contribution is 9.10. The predicted molar refractivity (Wildman–Crippen MR) is 63.0 cm³/mol. The first-order valence-corrected chi connectivity index (χ1v) is 5.52. The smallest absolute Gasteiger partial charge is 0.250 e. The number of halogens is 1. The molecule has 1 atom stereocenters. The second-order valence-electron chi connectivity index (χ2n) is 3.60. The van der Waals surface area contributed by atoms with Crippen LogP contribution in [0.15, 0.2) is 27.7 Å². The second-order valence-corrected chi connectivity index (χ2v) is 4.52. The highest BCUT2D eigenvalue weighted by Crippen LogP contribution is 2.17. The van der Waals surface area contributed by atoms with Gasteiger partial charge in [-0.25, -0.2) is 0 Å². The van der Waals surface area contributed by atoms with Crippen molar-refractivity contribution < 1.29 is 4.79 Å². The van der Waals surface area contributed by atoms with Crippen LogP contribution in [0.1, 0.15) is 18.1 Å². The molecular formula is C11H11BrN2O. The lowest BCUT2D eigenvalue weighted by Crippen LogP contribution is -2.28. The summed E-state index contributed by atoms with van der Waals surface area (Å²) in [6.07, 6.45) is 0. The zero-order chi connectivity index (χ0) is 11.0. The molecule has 1 heterocycles. The van der Waals surface area contributed by atoms with E-state index >= 15 is 0 Å². The van der Waals surface area contributed by atoms with Crippen molar-refractivity contribution in [2.45, 2.75) is 19.9 Å². The van der Waals surface area contributed by atoms with Gasteiger partial charge in [0.05, 0.1) is 0 Å². The first kappa shape index (κ1) is 10.4. The van der Waals surface area contributed by atoms with Gasteiger partial charge in [-0.1, -0.05) is 15.9 Å². The Morgan fingerprint density at radius 3 is 2.73 bits per heavy atom. The van der Waals surface area contributed by atoms with Gasteiger partial charge in [0.1, 0.15) is 11.9 Å². The maximum atomic E-state index is 11.3. The minimum absolute atomic E-state index is 0.0349. The number of nitrogens with zero attached hydrogens (tertiary/aromatic N) is 1. The van der Waals surface area contributed by atoms with Gasteiger partial charge in [-0.3, -0.25) is 9.79 Å². The van der Waals surface area contributed by atoms with Crippen molar-refractivity contribution in [1.82, 2.24) is 5.32 Å². The molecule has 1 unspecified atom stereocenters. The van der Waals surface area contributed by atoms with E-state index in [1.54, 1.807) is 6.92 Å². The van der Waals surface area contributed by atoms with E-state index in [1.807, 2.05) is 25.1 Å². The minimum Gasteiger partial charge on any atom is -0.309 e. The molecule has 1 aromatic rings. The molecule has 4 heteroatoms. The fourth-order valence-corrected chi connectivity index (χ4v) is 2.01. The van der Waals surface area contributed by atoms with E-state index in [2.05, 4.69) is 26.2 Å². The Morgan fingerprint density at radius 2 is 2.20 bits per heavy atom. The van der Waals surface area contributed by atoms with Gasteiger partial charge in [-0.05, 0) is 37.6 Å². The Balaban J connectivity index is 2.39. The maximum Gasteiger partial charge on any atom is 0.250 e. The molecule has 2 rings (SSSR count). The van der Waals surface area contributed by atoms with E-state index in [-0.39, 0.29) is 11.9 Å². The molecular weight excluding hydrogens is 256 g/mol. The number of aliphatic imine (C=N–C) groups is 1. The van der Waals surface area contributed by atoms with E-state index < -0.39 is 0 Å². The van der Waals surface area contributed by atoms with Crippen LogP contribution in [0.5, 0.6) is 0 Å². The van der Waals surface area contributed by atoms with Crippen LogP contribution < -0.4 is 5.32 Å². The number of amides is 1. The number of benzene rings is 1. The van der Waals surface area contributed by atoms with Crippen molar-refractivity contribution in [3.63, 3.8) is 0 Å². The fourth-order valence-electron chi connectivity index (χ4n) is 1.54. The Morgan fingerprint density at radius 1 is 1.47 bits per heavy atom. The van der Waals surface area contributed by atoms with Gasteiger partial charge in [-0.15, -0.1) is 0 Å². The molecule has 0 fully saturated rings. The molecule has 1 amide bonds. The van der Waals surface area contributed by atoms with E-state index in [1.165, 1.54) is 0 Å². The lowest BCUT2D eigenvalue weighted by atomic mass is 10.1. The van der Waals surface area contributed by atoms with Crippen LogP contribution in [0.3, 0.4) is 0 Å². The average molecular weight is 267 g/mol. The number of hydrogen-bond acceptors (Lipinski definition) is 2. The highest BCUT2D eigenvalue weighted by atomic mass is 79.9. The van der Waals surface area contributed by atoms with Crippen molar-refractivity contribution >= 4 is 27.7 Å². The van der Waals surface area contributed by atoms with E-state index in [4.69, 9.17) is 0 Å². The second kappa shape index (κ2) is 3.77. The lowest BCUT2D eigenvalue weighted by molar-refractivity contribution is -0.119. The topological polar surface area (TPSA) is 41.5 Å². The van der Waals surface area contributed by atoms with Crippen molar-refractivity contribution in [1.29, 1.82) is 0 Å². The predicted octanol–water partition coefficient (Wildman–Crippen LogP) is 2.02. The molecule has 1 aromatic carbocycles. The van der Waals surface area contributed by atoms with E-state index in [9.17, 15) is 4.79 Å². The Kier molecular flexibility index (Phi) is 2.61. The molecule has 15 heavy (non-hydrogen) atoms. The standard InChI is InChI=1S/C11H11BrN2O/c1-6-5-8(12)3-4-9(6)10-13-7(2)11(15)14-10/h3-5,7H,1-2H3,(H,13,14,15). The Hall–Kier alpha value is -1.16. The Bertz CT molecular complexity index is 454. The number of aryl methyl sites for hydroxylation is 1. The number of carbonyl (C=O) groups is 1. The number of carbonyl (C=O) groups excluding carboxylic acids is 1. The number of hydrogen-bond donors (Lipinski definition) is 1. The molecule has 0 saturated heterocycles. The molecule has 0 aliphatic carbocycles. The number of amidine groups is 1. The molecule has 0 aromatic heterocycles. The van der Waals surface area contributed by atoms with E-state index in [0.717, 1.165) is 15.6 Å². The number of rotatable bonds is 1. The summed E-state index contributed by atoms with van der Waals surface area (Å²) in [7, 11) is 0. The summed E-state index contributed by atoms with van der Waals surface area (Å²) in [6, 6.07) is 5.63. The van der Waals surface area contributed by atoms with Gasteiger partial charge in [0, 0.05) is 10.0 Å². The van der Waals surface area contributed by atoms with Gasteiger partial charge in [0.25, 0.3) is 0 Å². The van der Waals surface area contributed by atoms with Crippen molar-refractivity contribution in [3.05, 3.63) is 33.8 Å². The van der Waals surface area contributed by atoms with Gasteiger partial charge < -0.3 is 5.32 Å². The summed E-state index contributed by atoms with van der Waals surface area (Å²) in [5.74, 6) is 0.643. The van der Waals surface area contributed by atoms with Gasteiger partial charge in [0.2, 0.25) is 5.91 Å². The molecule has 0 bridgehead atoms. The third-order valence-electron chi connectivity index (χ3n) is 2.39. The normalized spacial score (nSPS) is 20.1. The minimum atomic E-state index is -0.275. The van der Waals surface area contributed by atoms with Gasteiger partial charge >= 0.3 is 0 Å².